The molecule has 0 spiro atoms. The van der Waals surface area contributed by atoms with Crippen molar-refractivity contribution in [3.63, 3.8) is 0 Å². The summed E-state index contributed by atoms with van der Waals surface area (Å²) in [6.07, 6.45) is 3.69. The van der Waals surface area contributed by atoms with Crippen molar-refractivity contribution in [3.8, 4) is 0 Å². The van der Waals surface area contributed by atoms with Crippen molar-refractivity contribution < 1.29 is 14.1 Å². The molecule has 1 aromatic rings. The molecule has 0 bridgehead atoms. The van der Waals surface area contributed by atoms with Gasteiger partial charge in [-0.3, -0.25) is 9.82 Å². The van der Waals surface area contributed by atoms with Crippen LogP contribution in [0.5, 0.6) is 0 Å². The van der Waals surface area contributed by atoms with Crippen LogP contribution in [0.2, 0.25) is 0 Å². The molecule has 0 aliphatic carbocycles. The number of pyridine rings is 1. The molecule has 1 aliphatic rings. The summed E-state index contributed by atoms with van der Waals surface area (Å²) in [7, 11) is -0.341. The van der Waals surface area contributed by atoms with E-state index in [9.17, 15) is 0 Å². The van der Waals surface area contributed by atoms with Crippen LogP contribution in [-0.2, 0) is 20.8 Å². The van der Waals surface area contributed by atoms with Crippen molar-refractivity contribution in [2.75, 3.05) is 0 Å². The van der Waals surface area contributed by atoms with Crippen molar-refractivity contribution in [3.05, 3.63) is 35.6 Å². The molecule has 2 heterocycles. The van der Waals surface area contributed by atoms with Gasteiger partial charge < -0.3 is 9.31 Å². The summed E-state index contributed by atoms with van der Waals surface area (Å²) < 4.78 is 11.8. The van der Waals surface area contributed by atoms with Crippen LogP contribution >= 0.6 is 0 Å². The molecule has 2 N–H and O–H groups in total. The number of hydrogen-bond acceptors (Lipinski definition) is 5. The Hall–Kier alpha value is -1.21. The lowest BCUT2D eigenvalue weighted by Crippen LogP contribution is -2.41. The van der Waals surface area contributed by atoms with Crippen LogP contribution in [0.25, 0.3) is 6.08 Å². The van der Waals surface area contributed by atoms with Crippen LogP contribution in [-0.4, -0.2) is 23.3 Å². The molecule has 1 aliphatic heterocycles. The highest BCUT2D eigenvalue weighted by Crippen LogP contribution is 2.36. The smallest absolute Gasteiger partial charge is 0.400 e. The Balaban J connectivity index is 2.00. The average Bonchev–Trinajstić information content (AvgIpc) is 2.57. The molecule has 0 unspecified atom stereocenters. The average molecular weight is 276 g/mol. The number of hydrogen-bond donors (Lipinski definition) is 1. The van der Waals surface area contributed by atoms with Gasteiger partial charge in [-0.25, -0.2) is 5.90 Å². The minimum absolute atomic E-state index is 0.307. The summed E-state index contributed by atoms with van der Waals surface area (Å²) in [5.41, 5.74) is 1.13. The maximum atomic E-state index is 5.88. The van der Waals surface area contributed by atoms with Crippen molar-refractivity contribution >= 4 is 13.2 Å². The zero-order chi connectivity index (χ0) is 14.8. The molecule has 108 valence electrons. The third-order valence-corrected chi connectivity index (χ3v) is 3.80. The molecular weight excluding hydrogens is 255 g/mol. The van der Waals surface area contributed by atoms with E-state index in [0.29, 0.717) is 6.61 Å². The first-order chi connectivity index (χ1) is 9.34. The van der Waals surface area contributed by atoms with Crippen LogP contribution in [0.15, 0.2) is 24.3 Å². The maximum Gasteiger partial charge on any atom is 0.487 e. The zero-order valence-electron chi connectivity index (χ0n) is 12.4. The molecule has 0 atom stereocenters. The van der Waals surface area contributed by atoms with E-state index in [4.69, 9.17) is 15.2 Å². The van der Waals surface area contributed by atoms with E-state index in [1.54, 1.807) is 6.20 Å². The summed E-state index contributed by atoms with van der Waals surface area (Å²) in [6.45, 7) is 8.43. The fourth-order valence-corrected chi connectivity index (χ4v) is 1.86. The monoisotopic (exact) mass is 276 g/mol. The molecule has 0 amide bonds. The lowest BCUT2D eigenvalue weighted by atomic mass is 9.89. The van der Waals surface area contributed by atoms with Crippen molar-refractivity contribution in [2.24, 2.45) is 5.90 Å². The second-order valence-electron chi connectivity index (χ2n) is 5.88. The van der Waals surface area contributed by atoms with Crippen LogP contribution < -0.4 is 5.90 Å². The quantitative estimate of drug-likeness (QED) is 0.674. The Morgan fingerprint density at radius 3 is 2.40 bits per heavy atom. The van der Waals surface area contributed by atoms with E-state index in [1.807, 2.05) is 51.9 Å². The number of nitrogens with zero attached hydrogens (tertiary/aromatic N) is 1. The van der Waals surface area contributed by atoms with Gasteiger partial charge in [0.05, 0.1) is 16.9 Å². The van der Waals surface area contributed by atoms with Crippen molar-refractivity contribution in [1.29, 1.82) is 0 Å². The first-order valence-electron chi connectivity index (χ1n) is 6.64. The second-order valence-corrected chi connectivity index (χ2v) is 5.88. The standard InChI is InChI=1S/C14H21BN2O3/c1-13(2)14(3,4)20-15(19-13)8-7-11-5-6-12(10-18-16)17-9-11/h5-9H,10,16H2,1-4H3/b8-7+. The summed E-state index contributed by atoms with van der Waals surface area (Å²) in [5.74, 6) is 6.90. The summed E-state index contributed by atoms with van der Waals surface area (Å²) in [6, 6.07) is 3.82. The van der Waals surface area contributed by atoms with Gasteiger partial charge in [-0.05, 0) is 39.3 Å². The molecule has 0 aromatic carbocycles. The Labute approximate surface area is 120 Å². The van der Waals surface area contributed by atoms with Gasteiger partial charge in [-0.15, -0.1) is 0 Å². The first kappa shape index (κ1) is 15.2. The predicted molar refractivity (Wildman–Crippen MR) is 78.3 cm³/mol. The molecule has 1 aromatic heterocycles. The number of nitrogens with two attached hydrogens (primary N) is 1. The Bertz CT molecular complexity index is 470. The van der Waals surface area contributed by atoms with Gasteiger partial charge in [0.2, 0.25) is 0 Å². The normalized spacial score (nSPS) is 20.8. The summed E-state index contributed by atoms with van der Waals surface area (Å²) in [5, 5.41) is 0. The largest absolute Gasteiger partial charge is 0.487 e. The minimum Gasteiger partial charge on any atom is -0.400 e. The van der Waals surface area contributed by atoms with E-state index < -0.39 is 0 Å². The third-order valence-electron chi connectivity index (χ3n) is 3.80. The third kappa shape index (κ3) is 3.27. The van der Waals surface area contributed by atoms with Gasteiger partial charge in [0.25, 0.3) is 0 Å². The fourth-order valence-electron chi connectivity index (χ4n) is 1.86. The van der Waals surface area contributed by atoms with E-state index in [2.05, 4.69) is 9.82 Å². The van der Waals surface area contributed by atoms with Crippen molar-refractivity contribution in [2.45, 2.75) is 45.5 Å². The van der Waals surface area contributed by atoms with Gasteiger partial charge in [-0.2, -0.15) is 0 Å². The molecule has 0 radical (unpaired) electrons. The lowest BCUT2D eigenvalue weighted by molar-refractivity contribution is 0.00578. The molecule has 1 saturated heterocycles. The highest BCUT2D eigenvalue weighted by atomic mass is 16.7. The van der Waals surface area contributed by atoms with Crippen LogP contribution in [0.1, 0.15) is 39.0 Å². The van der Waals surface area contributed by atoms with Crippen molar-refractivity contribution in [1.82, 2.24) is 4.98 Å². The van der Waals surface area contributed by atoms with E-state index in [-0.39, 0.29) is 18.3 Å². The zero-order valence-corrected chi connectivity index (χ0v) is 12.4. The fraction of sp³-hybridized carbons (Fsp3) is 0.500. The SMILES string of the molecule is CC1(C)OB(/C=C/c2ccc(CON)nc2)OC1(C)C. The minimum atomic E-state index is -0.341. The summed E-state index contributed by atoms with van der Waals surface area (Å²) in [4.78, 5) is 8.77. The Kier molecular flexibility index (Phi) is 4.29. The second kappa shape index (κ2) is 5.65. The van der Waals surface area contributed by atoms with Gasteiger partial charge in [0.15, 0.2) is 0 Å². The van der Waals surface area contributed by atoms with Crippen LogP contribution in [0.4, 0.5) is 0 Å². The van der Waals surface area contributed by atoms with Gasteiger partial charge in [0.1, 0.15) is 6.61 Å². The Morgan fingerprint density at radius 1 is 1.25 bits per heavy atom. The molecule has 5 nitrogen and oxygen atoms in total. The number of rotatable bonds is 4. The maximum absolute atomic E-state index is 5.88. The molecule has 20 heavy (non-hydrogen) atoms. The summed E-state index contributed by atoms with van der Waals surface area (Å²) >= 11 is 0. The van der Waals surface area contributed by atoms with E-state index >= 15 is 0 Å². The lowest BCUT2D eigenvalue weighted by Gasteiger charge is -2.32. The van der Waals surface area contributed by atoms with E-state index in [0.717, 1.165) is 11.3 Å². The van der Waals surface area contributed by atoms with Gasteiger partial charge in [0, 0.05) is 6.20 Å². The first-order valence-corrected chi connectivity index (χ1v) is 6.64. The van der Waals surface area contributed by atoms with Crippen LogP contribution in [0, 0.1) is 0 Å². The highest BCUT2D eigenvalue weighted by Gasteiger charge is 2.49. The predicted octanol–water partition coefficient (Wildman–Crippen LogP) is 2.12. The van der Waals surface area contributed by atoms with E-state index in [1.165, 1.54) is 0 Å². The molecule has 6 heteroatoms. The molecule has 0 saturated carbocycles. The van der Waals surface area contributed by atoms with Gasteiger partial charge in [-0.1, -0.05) is 18.1 Å². The van der Waals surface area contributed by atoms with Gasteiger partial charge >= 0.3 is 7.12 Å². The highest BCUT2D eigenvalue weighted by molar-refractivity contribution is 6.52. The molecule has 1 fully saturated rings. The number of aromatic nitrogens is 1. The molecular formula is C14H21BN2O3. The molecule has 2 rings (SSSR count). The Morgan fingerprint density at radius 2 is 1.90 bits per heavy atom. The topological polar surface area (TPSA) is 66.6 Å². The van der Waals surface area contributed by atoms with Crippen LogP contribution in [0.3, 0.4) is 0 Å².